The number of imidazole rings is 1. The van der Waals surface area contributed by atoms with Gasteiger partial charge < -0.3 is 10.3 Å². The Morgan fingerprint density at radius 2 is 2.39 bits per heavy atom. The van der Waals surface area contributed by atoms with Crippen molar-refractivity contribution in [1.29, 1.82) is 0 Å². The minimum Gasteiger partial charge on any atom is -0.333 e. The van der Waals surface area contributed by atoms with E-state index in [0.29, 0.717) is 12.6 Å². The molecule has 5 heteroatoms. The molecule has 1 aliphatic rings. The minimum absolute atomic E-state index is 0.322. The fourth-order valence-corrected chi connectivity index (χ4v) is 3.81. The van der Waals surface area contributed by atoms with Gasteiger partial charge in [-0.1, -0.05) is 6.92 Å². The second-order valence-electron chi connectivity index (χ2n) is 4.75. The van der Waals surface area contributed by atoms with Crippen LogP contribution in [0.3, 0.4) is 0 Å². The molecule has 102 valence electrons. The molecule has 2 atom stereocenters. The molecule has 0 spiro atoms. The molecular weight excluding hydrogens is 244 g/mol. The fraction of sp³-hybridized carbons (Fsp3) is 0.769. The monoisotopic (exact) mass is 268 g/mol. The van der Waals surface area contributed by atoms with Crippen LogP contribution in [0.2, 0.25) is 0 Å². The second kappa shape index (κ2) is 6.59. The van der Waals surface area contributed by atoms with Crippen molar-refractivity contribution in [2.24, 2.45) is 5.73 Å². The van der Waals surface area contributed by atoms with Gasteiger partial charge in [-0.05, 0) is 13.3 Å². The Morgan fingerprint density at radius 3 is 3.06 bits per heavy atom. The molecule has 2 rings (SSSR count). The Hall–Kier alpha value is -0.520. The third-order valence-electron chi connectivity index (χ3n) is 3.72. The standard InChI is InChI=1S/C13H24N4S/c1-3-11-9-17(5-6-18-11)12(7-14)13-8-15-10-16(13)4-2/h8,10-12H,3-7,9,14H2,1-2H3. The van der Waals surface area contributed by atoms with Gasteiger partial charge in [-0.3, -0.25) is 4.90 Å². The van der Waals surface area contributed by atoms with Crippen molar-refractivity contribution in [2.45, 2.75) is 38.1 Å². The Labute approximate surface area is 114 Å². The summed E-state index contributed by atoms with van der Waals surface area (Å²) >= 11 is 2.10. The highest BCUT2D eigenvalue weighted by Crippen LogP contribution is 2.28. The average Bonchev–Trinajstić information content (AvgIpc) is 2.88. The lowest BCUT2D eigenvalue weighted by Crippen LogP contribution is -2.43. The molecule has 1 saturated heterocycles. The molecule has 1 aliphatic heterocycles. The summed E-state index contributed by atoms with van der Waals surface area (Å²) in [7, 11) is 0. The molecule has 0 saturated carbocycles. The molecule has 0 bridgehead atoms. The Kier molecular flexibility index (Phi) is 5.09. The highest BCUT2D eigenvalue weighted by molar-refractivity contribution is 8.00. The number of nitrogens with zero attached hydrogens (tertiary/aromatic N) is 3. The van der Waals surface area contributed by atoms with Crippen LogP contribution in [0, 0.1) is 0 Å². The van der Waals surface area contributed by atoms with Gasteiger partial charge in [0.15, 0.2) is 0 Å². The smallest absolute Gasteiger partial charge is 0.0948 e. The lowest BCUT2D eigenvalue weighted by molar-refractivity contribution is 0.200. The number of aryl methyl sites for hydroxylation is 1. The molecular formula is C13H24N4S. The van der Waals surface area contributed by atoms with Crippen LogP contribution in [-0.4, -0.2) is 45.1 Å². The average molecular weight is 268 g/mol. The maximum Gasteiger partial charge on any atom is 0.0948 e. The summed E-state index contributed by atoms with van der Waals surface area (Å²) in [6.45, 7) is 8.35. The minimum atomic E-state index is 0.322. The number of rotatable bonds is 5. The zero-order chi connectivity index (χ0) is 13.0. The number of hydrogen-bond donors (Lipinski definition) is 1. The quantitative estimate of drug-likeness (QED) is 0.883. The van der Waals surface area contributed by atoms with Crippen molar-refractivity contribution < 1.29 is 0 Å². The highest BCUT2D eigenvalue weighted by Gasteiger charge is 2.27. The molecule has 0 aliphatic carbocycles. The molecule has 1 aromatic heterocycles. The first kappa shape index (κ1) is 13.9. The van der Waals surface area contributed by atoms with Gasteiger partial charge in [-0.2, -0.15) is 11.8 Å². The zero-order valence-electron chi connectivity index (χ0n) is 11.4. The van der Waals surface area contributed by atoms with Crippen molar-refractivity contribution in [2.75, 3.05) is 25.4 Å². The van der Waals surface area contributed by atoms with Gasteiger partial charge in [0.2, 0.25) is 0 Å². The normalized spacial score (nSPS) is 23.2. The van der Waals surface area contributed by atoms with Crippen LogP contribution in [0.5, 0.6) is 0 Å². The summed E-state index contributed by atoms with van der Waals surface area (Å²) in [4.78, 5) is 6.81. The van der Waals surface area contributed by atoms with E-state index in [1.807, 2.05) is 12.5 Å². The second-order valence-corrected chi connectivity index (χ2v) is 6.16. The van der Waals surface area contributed by atoms with Crippen LogP contribution < -0.4 is 5.73 Å². The fourth-order valence-electron chi connectivity index (χ4n) is 2.60. The van der Waals surface area contributed by atoms with E-state index in [1.165, 1.54) is 17.9 Å². The van der Waals surface area contributed by atoms with Gasteiger partial charge in [0, 0.05) is 43.4 Å². The largest absolute Gasteiger partial charge is 0.333 e. The molecule has 0 amide bonds. The van der Waals surface area contributed by atoms with E-state index in [1.54, 1.807) is 0 Å². The lowest BCUT2D eigenvalue weighted by atomic mass is 10.1. The first-order valence-electron chi connectivity index (χ1n) is 6.85. The van der Waals surface area contributed by atoms with E-state index in [2.05, 4.69) is 40.1 Å². The predicted octanol–water partition coefficient (Wildman–Crippen LogP) is 1.73. The van der Waals surface area contributed by atoms with Crippen molar-refractivity contribution >= 4 is 11.8 Å². The van der Waals surface area contributed by atoms with Gasteiger partial charge in [0.25, 0.3) is 0 Å². The van der Waals surface area contributed by atoms with E-state index in [9.17, 15) is 0 Å². The third-order valence-corrected chi connectivity index (χ3v) is 5.09. The third kappa shape index (κ3) is 2.90. The van der Waals surface area contributed by atoms with Crippen LogP contribution in [0.4, 0.5) is 0 Å². The molecule has 2 heterocycles. The zero-order valence-corrected chi connectivity index (χ0v) is 12.2. The number of nitrogens with two attached hydrogens (primary N) is 1. The summed E-state index contributed by atoms with van der Waals surface area (Å²) < 4.78 is 2.21. The Morgan fingerprint density at radius 1 is 1.56 bits per heavy atom. The van der Waals surface area contributed by atoms with E-state index >= 15 is 0 Å². The number of thioether (sulfide) groups is 1. The first-order chi connectivity index (χ1) is 8.80. The van der Waals surface area contributed by atoms with Crippen LogP contribution in [0.25, 0.3) is 0 Å². The van der Waals surface area contributed by atoms with Crippen LogP contribution >= 0.6 is 11.8 Å². The molecule has 0 radical (unpaired) electrons. The van der Waals surface area contributed by atoms with E-state index in [0.717, 1.165) is 24.9 Å². The SMILES string of the molecule is CCC1CN(C(CN)c2cncn2CC)CCS1. The summed E-state index contributed by atoms with van der Waals surface area (Å²) in [5.74, 6) is 1.22. The van der Waals surface area contributed by atoms with Crippen molar-refractivity contribution in [3.63, 3.8) is 0 Å². The lowest BCUT2D eigenvalue weighted by Gasteiger charge is -2.37. The summed E-state index contributed by atoms with van der Waals surface area (Å²) in [6, 6.07) is 0.322. The van der Waals surface area contributed by atoms with Crippen molar-refractivity contribution in [1.82, 2.24) is 14.5 Å². The summed E-state index contributed by atoms with van der Waals surface area (Å²) in [6.07, 6.45) is 5.13. The Balaban J connectivity index is 2.13. The molecule has 2 N–H and O–H groups in total. The number of aromatic nitrogens is 2. The highest BCUT2D eigenvalue weighted by atomic mass is 32.2. The molecule has 1 fully saturated rings. The van der Waals surface area contributed by atoms with E-state index < -0.39 is 0 Å². The van der Waals surface area contributed by atoms with Crippen molar-refractivity contribution in [3.05, 3.63) is 18.2 Å². The molecule has 4 nitrogen and oxygen atoms in total. The number of hydrogen-bond acceptors (Lipinski definition) is 4. The van der Waals surface area contributed by atoms with E-state index in [4.69, 9.17) is 5.73 Å². The molecule has 1 aromatic rings. The summed E-state index contributed by atoms with van der Waals surface area (Å²) in [5, 5.41) is 0.755. The summed E-state index contributed by atoms with van der Waals surface area (Å²) in [5.41, 5.74) is 7.28. The van der Waals surface area contributed by atoms with Crippen molar-refractivity contribution in [3.8, 4) is 0 Å². The molecule has 0 aromatic carbocycles. The van der Waals surface area contributed by atoms with Gasteiger partial charge in [-0.15, -0.1) is 0 Å². The Bertz CT molecular complexity index is 366. The first-order valence-corrected chi connectivity index (χ1v) is 7.90. The maximum absolute atomic E-state index is 6.02. The van der Waals surface area contributed by atoms with Gasteiger partial charge in [-0.25, -0.2) is 4.98 Å². The van der Waals surface area contributed by atoms with Gasteiger partial charge >= 0.3 is 0 Å². The molecule has 18 heavy (non-hydrogen) atoms. The van der Waals surface area contributed by atoms with E-state index in [-0.39, 0.29) is 0 Å². The topological polar surface area (TPSA) is 47.1 Å². The van der Waals surface area contributed by atoms with Crippen LogP contribution in [0.1, 0.15) is 32.0 Å². The molecule has 2 unspecified atom stereocenters. The predicted molar refractivity (Wildman–Crippen MR) is 77.8 cm³/mol. The van der Waals surface area contributed by atoms with Crippen LogP contribution in [0.15, 0.2) is 12.5 Å². The maximum atomic E-state index is 6.02. The van der Waals surface area contributed by atoms with Gasteiger partial charge in [0.05, 0.1) is 18.1 Å². The van der Waals surface area contributed by atoms with Crippen LogP contribution in [-0.2, 0) is 6.54 Å². The van der Waals surface area contributed by atoms with Gasteiger partial charge in [0.1, 0.15) is 0 Å².